The van der Waals surface area contributed by atoms with E-state index in [2.05, 4.69) is 16.5 Å². The summed E-state index contributed by atoms with van der Waals surface area (Å²) in [5, 5.41) is 7.18. The lowest BCUT2D eigenvalue weighted by Gasteiger charge is -2.01. The van der Waals surface area contributed by atoms with Gasteiger partial charge >= 0.3 is 0 Å². The van der Waals surface area contributed by atoms with Gasteiger partial charge in [-0.1, -0.05) is 11.6 Å². The molecule has 2 aromatic rings. The zero-order valence-corrected chi connectivity index (χ0v) is 9.11. The second kappa shape index (κ2) is 3.11. The third-order valence-electron chi connectivity index (χ3n) is 2.57. The minimum absolute atomic E-state index is 0.770. The third-order valence-corrected chi connectivity index (χ3v) is 3.83. The Balaban J connectivity index is 2.30. The van der Waals surface area contributed by atoms with E-state index in [0.717, 1.165) is 30.1 Å². The average molecular weight is 225 g/mol. The van der Waals surface area contributed by atoms with Crippen molar-refractivity contribution in [3.05, 3.63) is 27.5 Å². The largest absolute Gasteiger partial charge is 0.263 e. The molecule has 0 amide bonds. The van der Waals surface area contributed by atoms with E-state index >= 15 is 0 Å². The minimum atomic E-state index is 0.770. The van der Waals surface area contributed by atoms with Crippen LogP contribution in [0.1, 0.15) is 11.3 Å². The second-order valence-corrected chi connectivity index (χ2v) is 4.83. The molecule has 0 aliphatic carbocycles. The molecule has 0 bridgehead atoms. The Morgan fingerprint density at radius 3 is 3.36 bits per heavy atom. The molecule has 0 unspecified atom stereocenters. The van der Waals surface area contributed by atoms with Gasteiger partial charge in [0, 0.05) is 17.0 Å². The van der Waals surface area contributed by atoms with Crippen molar-refractivity contribution in [2.45, 2.75) is 19.4 Å². The fourth-order valence-electron chi connectivity index (χ4n) is 1.93. The van der Waals surface area contributed by atoms with Gasteiger partial charge < -0.3 is 0 Å². The summed E-state index contributed by atoms with van der Waals surface area (Å²) in [7, 11) is 0. The van der Waals surface area contributed by atoms with Gasteiger partial charge in [-0.25, -0.2) is 0 Å². The molecule has 72 valence electrons. The first-order chi connectivity index (χ1) is 6.86. The van der Waals surface area contributed by atoms with Gasteiger partial charge in [-0.15, -0.1) is 11.3 Å². The van der Waals surface area contributed by atoms with Crippen molar-refractivity contribution in [3.8, 4) is 11.3 Å². The molecule has 0 fully saturated rings. The first-order valence-corrected chi connectivity index (χ1v) is 5.90. The van der Waals surface area contributed by atoms with Crippen molar-refractivity contribution < 1.29 is 0 Å². The van der Waals surface area contributed by atoms with E-state index in [9.17, 15) is 0 Å². The molecule has 0 aromatic carbocycles. The van der Waals surface area contributed by atoms with Crippen LogP contribution in [0.5, 0.6) is 0 Å². The quantitative estimate of drug-likeness (QED) is 0.672. The smallest absolute Gasteiger partial charge is 0.0880 e. The van der Waals surface area contributed by atoms with Crippen molar-refractivity contribution in [3.63, 3.8) is 0 Å². The molecule has 0 saturated heterocycles. The maximum absolute atomic E-state index is 6.14. The van der Waals surface area contributed by atoms with Crippen molar-refractivity contribution >= 4 is 22.9 Å². The van der Waals surface area contributed by atoms with E-state index in [1.54, 1.807) is 6.20 Å². The molecule has 3 rings (SSSR count). The molecular formula is C10H9ClN2S. The zero-order valence-electron chi connectivity index (χ0n) is 7.53. The fourth-order valence-corrected chi connectivity index (χ4v) is 3.10. The molecule has 0 spiro atoms. The molecule has 0 radical (unpaired) electrons. The Kier molecular flexibility index (Phi) is 1.89. The Morgan fingerprint density at radius 2 is 2.43 bits per heavy atom. The van der Waals surface area contributed by atoms with Crippen LogP contribution in [-0.2, 0) is 13.0 Å². The first-order valence-electron chi connectivity index (χ1n) is 4.64. The van der Waals surface area contributed by atoms with Crippen LogP contribution in [0.3, 0.4) is 0 Å². The number of aryl methyl sites for hydroxylation is 2. The summed E-state index contributed by atoms with van der Waals surface area (Å²) in [6, 6.07) is 2.14. The molecule has 1 aliphatic heterocycles. The zero-order chi connectivity index (χ0) is 9.54. The van der Waals surface area contributed by atoms with Gasteiger partial charge in [0.05, 0.1) is 16.9 Å². The van der Waals surface area contributed by atoms with Gasteiger partial charge in [0.2, 0.25) is 0 Å². The number of hydrogen-bond donors (Lipinski definition) is 0. The highest BCUT2D eigenvalue weighted by atomic mass is 35.5. The SMILES string of the molecule is Clc1cnn2c1-c1ccsc1CCC2. The van der Waals surface area contributed by atoms with E-state index in [-0.39, 0.29) is 0 Å². The summed E-state index contributed by atoms with van der Waals surface area (Å²) in [6.45, 7) is 0.976. The maximum Gasteiger partial charge on any atom is 0.0880 e. The number of thiophene rings is 1. The molecule has 3 heterocycles. The van der Waals surface area contributed by atoms with Crippen LogP contribution < -0.4 is 0 Å². The van der Waals surface area contributed by atoms with Crippen LogP contribution in [-0.4, -0.2) is 9.78 Å². The highest BCUT2D eigenvalue weighted by Gasteiger charge is 2.18. The Morgan fingerprint density at radius 1 is 1.50 bits per heavy atom. The molecule has 2 nitrogen and oxygen atoms in total. The molecule has 0 saturated carbocycles. The van der Waals surface area contributed by atoms with E-state index in [4.69, 9.17) is 11.6 Å². The Labute approximate surface area is 91.1 Å². The number of fused-ring (bicyclic) bond motifs is 3. The van der Waals surface area contributed by atoms with E-state index in [1.165, 1.54) is 10.4 Å². The van der Waals surface area contributed by atoms with Gasteiger partial charge in [-0.2, -0.15) is 5.10 Å². The van der Waals surface area contributed by atoms with Gasteiger partial charge in [0.25, 0.3) is 0 Å². The van der Waals surface area contributed by atoms with Gasteiger partial charge in [-0.3, -0.25) is 4.68 Å². The summed E-state index contributed by atoms with van der Waals surface area (Å²) < 4.78 is 2.01. The lowest BCUT2D eigenvalue weighted by atomic mass is 10.1. The number of rotatable bonds is 0. The number of halogens is 1. The fraction of sp³-hybridized carbons (Fsp3) is 0.300. The Bertz CT molecular complexity index is 472. The van der Waals surface area contributed by atoms with Gasteiger partial charge in [-0.05, 0) is 24.3 Å². The van der Waals surface area contributed by atoms with Crippen molar-refractivity contribution in [1.29, 1.82) is 0 Å². The molecular weight excluding hydrogens is 216 g/mol. The van der Waals surface area contributed by atoms with Crippen LogP contribution >= 0.6 is 22.9 Å². The molecule has 2 aromatic heterocycles. The van der Waals surface area contributed by atoms with Crippen LogP contribution in [0, 0.1) is 0 Å². The summed E-state index contributed by atoms with van der Waals surface area (Å²) in [4.78, 5) is 1.44. The molecule has 4 heteroatoms. The highest BCUT2D eigenvalue weighted by molar-refractivity contribution is 7.10. The van der Waals surface area contributed by atoms with E-state index in [1.807, 2.05) is 16.0 Å². The second-order valence-electron chi connectivity index (χ2n) is 3.43. The summed E-state index contributed by atoms with van der Waals surface area (Å²) >= 11 is 7.95. The van der Waals surface area contributed by atoms with Crippen molar-refractivity contribution in [2.24, 2.45) is 0 Å². The molecule has 0 N–H and O–H groups in total. The topological polar surface area (TPSA) is 17.8 Å². The van der Waals surface area contributed by atoms with Crippen molar-refractivity contribution in [2.75, 3.05) is 0 Å². The maximum atomic E-state index is 6.14. The summed E-state index contributed by atoms with van der Waals surface area (Å²) in [6.07, 6.45) is 4.04. The summed E-state index contributed by atoms with van der Waals surface area (Å²) in [5.41, 5.74) is 2.37. The van der Waals surface area contributed by atoms with E-state index < -0.39 is 0 Å². The van der Waals surface area contributed by atoms with Gasteiger partial charge in [0.15, 0.2) is 0 Å². The van der Waals surface area contributed by atoms with Crippen LogP contribution in [0.15, 0.2) is 17.6 Å². The lowest BCUT2D eigenvalue weighted by Crippen LogP contribution is -1.99. The Hall–Kier alpha value is -0.800. The van der Waals surface area contributed by atoms with Crippen LogP contribution in [0.25, 0.3) is 11.3 Å². The predicted octanol–water partition coefficient (Wildman–Crippen LogP) is 3.21. The van der Waals surface area contributed by atoms with Crippen LogP contribution in [0.2, 0.25) is 5.02 Å². The highest BCUT2D eigenvalue weighted by Crippen LogP contribution is 2.36. The average Bonchev–Trinajstić information content (AvgIpc) is 2.71. The lowest BCUT2D eigenvalue weighted by molar-refractivity contribution is 0.596. The molecule has 0 atom stereocenters. The predicted molar refractivity (Wildman–Crippen MR) is 58.9 cm³/mol. The third kappa shape index (κ3) is 1.12. The standard InChI is InChI=1S/C10H9ClN2S/c11-8-6-12-13-4-1-2-9-7(10(8)13)3-5-14-9/h3,5-6H,1-2,4H2. The van der Waals surface area contributed by atoms with Crippen LogP contribution in [0.4, 0.5) is 0 Å². The van der Waals surface area contributed by atoms with E-state index in [0.29, 0.717) is 0 Å². The first kappa shape index (κ1) is 8.50. The number of hydrogen-bond acceptors (Lipinski definition) is 2. The van der Waals surface area contributed by atoms with Gasteiger partial charge in [0.1, 0.15) is 0 Å². The number of aromatic nitrogens is 2. The van der Waals surface area contributed by atoms with Crippen molar-refractivity contribution in [1.82, 2.24) is 9.78 Å². The molecule has 1 aliphatic rings. The summed E-state index contributed by atoms with van der Waals surface area (Å²) in [5.74, 6) is 0. The molecule has 14 heavy (non-hydrogen) atoms. The number of nitrogens with zero attached hydrogens (tertiary/aromatic N) is 2. The minimum Gasteiger partial charge on any atom is -0.263 e. The monoisotopic (exact) mass is 224 g/mol. The normalized spacial score (nSPS) is 14.6.